The lowest BCUT2D eigenvalue weighted by Gasteiger charge is -2.02. The molecule has 0 bridgehead atoms. The van der Waals surface area contributed by atoms with Crippen molar-refractivity contribution in [3.63, 3.8) is 0 Å². The fraction of sp³-hybridized carbons (Fsp3) is 0.400. The van der Waals surface area contributed by atoms with E-state index in [1.807, 2.05) is 12.2 Å². The molecule has 0 aliphatic heterocycles. The Morgan fingerprint density at radius 2 is 1.82 bits per heavy atom. The van der Waals surface area contributed by atoms with Gasteiger partial charge in [-0.25, -0.2) is 0 Å². The molecule has 0 amide bonds. The minimum Gasteiger partial charge on any atom is -0.327 e. The zero-order valence-electron chi connectivity index (χ0n) is 7.00. The summed E-state index contributed by atoms with van der Waals surface area (Å²) in [5.74, 6) is 0. The SMILES string of the molecule is C=CC/C=C/CC(N)CC=C. The Labute approximate surface area is 69.3 Å². The fourth-order valence-corrected chi connectivity index (χ4v) is 0.774. The molecule has 1 atom stereocenters. The average Bonchev–Trinajstić information content (AvgIpc) is 1.99. The van der Waals surface area contributed by atoms with Crippen LogP contribution in [0.25, 0.3) is 0 Å². The lowest BCUT2D eigenvalue weighted by Crippen LogP contribution is -2.17. The predicted octanol–water partition coefficient (Wildman–Crippen LogP) is 2.41. The molecule has 0 heterocycles. The molecule has 0 aromatic rings. The van der Waals surface area contributed by atoms with Gasteiger partial charge in [0, 0.05) is 6.04 Å². The van der Waals surface area contributed by atoms with Crippen LogP contribution < -0.4 is 5.73 Å². The van der Waals surface area contributed by atoms with E-state index in [0.29, 0.717) is 0 Å². The van der Waals surface area contributed by atoms with E-state index >= 15 is 0 Å². The number of allylic oxidation sites excluding steroid dienone is 2. The number of nitrogens with two attached hydrogens (primary N) is 1. The molecule has 11 heavy (non-hydrogen) atoms. The van der Waals surface area contributed by atoms with Crippen LogP contribution in [0.1, 0.15) is 19.3 Å². The van der Waals surface area contributed by atoms with Crippen molar-refractivity contribution in [2.75, 3.05) is 0 Å². The van der Waals surface area contributed by atoms with Crippen LogP contribution >= 0.6 is 0 Å². The summed E-state index contributed by atoms with van der Waals surface area (Å²) in [6, 6.07) is 0.230. The molecule has 62 valence electrons. The monoisotopic (exact) mass is 151 g/mol. The summed E-state index contributed by atoms with van der Waals surface area (Å²) >= 11 is 0. The van der Waals surface area contributed by atoms with Gasteiger partial charge < -0.3 is 5.73 Å². The van der Waals surface area contributed by atoms with Gasteiger partial charge in [-0.3, -0.25) is 0 Å². The van der Waals surface area contributed by atoms with E-state index in [2.05, 4.69) is 25.3 Å². The van der Waals surface area contributed by atoms with Crippen LogP contribution in [0.4, 0.5) is 0 Å². The molecule has 0 saturated heterocycles. The van der Waals surface area contributed by atoms with E-state index in [9.17, 15) is 0 Å². The molecular formula is C10H17N. The van der Waals surface area contributed by atoms with Gasteiger partial charge in [-0.15, -0.1) is 13.2 Å². The lowest BCUT2D eigenvalue weighted by atomic mass is 10.1. The summed E-state index contributed by atoms with van der Waals surface area (Å²) < 4.78 is 0. The van der Waals surface area contributed by atoms with Gasteiger partial charge in [-0.05, 0) is 19.3 Å². The van der Waals surface area contributed by atoms with Gasteiger partial charge in [0.15, 0.2) is 0 Å². The highest BCUT2D eigenvalue weighted by Gasteiger charge is 1.93. The quantitative estimate of drug-likeness (QED) is 0.580. The largest absolute Gasteiger partial charge is 0.327 e. The molecule has 0 aromatic carbocycles. The predicted molar refractivity (Wildman–Crippen MR) is 51.4 cm³/mol. The smallest absolute Gasteiger partial charge is 0.0108 e. The second-order valence-electron chi connectivity index (χ2n) is 2.52. The van der Waals surface area contributed by atoms with Gasteiger partial charge in [0.1, 0.15) is 0 Å². The van der Waals surface area contributed by atoms with Crippen molar-refractivity contribution in [3.05, 3.63) is 37.5 Å². The maximum Gasteiger partial charge on any atom is 0.0108 e. The summed E-state index contributed by atoms with van der Waals surface area (Å²) in [5.41, 5.74) is 5.72. The number of hydrogen-bond donors (Lipinski definition) is 1. The van der Waals surface area contributed by atoms with Crippen molar-refractivity contribution in [1.29, 1.82) is 0 Å². The van der Waals surface area contributed by atoms with E-state index in [1.165, 1.54) is 0 Å². The first-order chi connectivity index (χ1) is 5.31. The van der Waals surface area contributed by atoms with E-state index in [4.69, 9.17) is 5.73 Å². The Kier molecular flexibility index (Phi) is 6.75. The first-order valence-corrected chi connectivity index (χ1v) is 3.93. The third kappa shape index (κ3) is 7.07. The van der Waals surface area contributed by atoms with Crippen LogP contribution in [0.15, 0.2) is 37.5 Å². The summed E-state index contributed by atoms with van der Waals surface area (Å²) in [7, 11) is 0. The topological polar surface area (TPSA) is 26.0 Å². The molecule has 0 saturated carbocycles. The molecule has 1 unspecified atom stereocenters. The highest BCUT2D eigenvalue weighted by molar-refractivity contribution is 4.91. The highest BCUT2D eigenvalue weighted by atomic mass is 14.6. The maximum absolute atomic E-state index is 5.72. The van der Waals surface area contributed by atoms with Crippen LogP contribution in [0.3, 0.4) is 0 Å². The zero-order chi connectivity index (χ0) is 8.53. The Morgan fingerprint density at radius 1 is 1.09 bits per heavy atom. The van der Waals surface area contributed by atoms with E-state index in [-0.39, 0.29) is 6.04 Å². The fourth-order valence-electron chi connectivity index (χ4n) is 0.774. The molecule has 0 fully saturated rings. The lowest BCUT2D eigenvalue weighted by molar-refractivity contribution is 0.694. The van der Waals surface area contributed by atoms with Crippen molar-refractivity contribution in [3.8, 4) is 0 Å². The van der Waals surface area contributed by atoms with Crippen molar-refractivity contribution in [2.24, 2.45) is 5.73 Å². The maximum atomic E-state index is 5.72. The molecule has 2 N–H and O–H groups in total. The van der Waals surface area contributed by atoms with E-state index in [0.717, 1.165) is 19.3 Å². The summed E-state index contributed by atoms with van der Waals surface area (Å²) in [6.45, 7) is 7.24. The van der Waals surface area contributed by atoms with Crippen molar-refractivity contribution >= 4 is 0 Å². The normalized spacial score (nSPS) is 13.2. The van der Waals surface area contributed by atoms with Crippen LogP contribution in [-0.4, -0.2) is 6.04 Å². The Morgan fingerprint density at radius 3 is 2.36 bits per heavy atom. The molecule has 1 nitrogen and oxygen atoms in total. The van der Waals surface area contributed by atoms with Gasteiger partial charge in [0.2, 0.25) is 0 Å². The van der Waals surface area contributed by atoms with Crippen LogP contribution in [0, 0.1) is 0 Å². The molecule has 0 aliphatic rings. The van der Waals surface area contributed by atoms with Crippen molar-refractivity contribution in [1.82, 2.24) is 0 Å². The molecular weight excluding hydrogens is 134 g/mol. The molecule has 0 aliphatic carbocycles. The van der Waals surface area contributed by atoms with Crippen molar-refractivity contribution < 1.29 is 0 Å². The summed E-state index contributed by atoms with van der Waals surface area (Å²) in [4.78, 5) is 0. The summed E-state index contributed by atoms with van der Waals surface area (Å²) in [6.07, 6.45) is 10.6. The highest BCUT2D eigenvalue weighted by Crippen LogP contribution is 1.97. The molecule has 0 rings (SSSR count). The minimum atomic E-state index is 0.230. The van der Waals surface area contributed by atoms with Gasteiger partial charge in [0.05, 0.1) is 0 Å². The average molecular weight is 151 g/mol. The van der Waals surface area contributed by atoms with Crippen LogP contribution in [0.5, 0.6) is 0 Å². The zero-order valence-corrected chi connectivity index (χ0v) is 7.00. The second-order valence-corrected chi connectivity index (χ2v) is 2.52. The number of hydrogen-bond acceptors (Lipinski definition) is 1. The summed E-state index contributed by atoms with van der Waals surface area (Å²) in [5, 5.41) is 0. The van der Waals surface area contributed by atoms with Gasteiger partial charge in [0.25, 0.3) is 0 Å². The van der Waals surface area contributed by atoms with Gasteiger partial charge in [-0.2, -0.15) is 0 Å². The Hall–Kier alpha value is -0.820. The standard InChI is InChI=1S/C10H17N/c1-3-5-6-7-9-10(11)8-4-2/h3-4,6-7,10H,1-2,5,8-9,11H2/b7-6+. The first-order valence-electron chi connectivity index (χ1n) is 3.93. The van der Waals surface area contributed by atoms with E-state index in [1.54, 1.807) is 0 Å². The third-order valence-electron chi connectivity index (χ3n) is 1.38. The van der Waals surface area contributed by atoms with Crippen LogP contribution in [0.2, 0.25) is 0 Å². The number of rotatable bonds is 6. The van der Waals surface area contributed by atoms with Crippen LogP contribution in [-0.2, 0) is 0 Å². The third-order valence-corrected chi connectivity index (χ3v) is 1.38. The Balaban J connectivity index is 3.35. The molecule has 1 heteroatoms. The van der Waals surface area contributed by atoms with Gasteiger partial charge >= 0.3 is 0 Å². The molecule has 0 radical (unpaired) electrons. The first kappa shape index (κ1) is 10.2. The minimum absolute atomic E-state index is 0.230. The molecule has 0 aromatic heterocycles. The second kappa shape index (κ2) is 7.29. The van der Waals surface area contributed by atoms with E-state index < -0.39 is 0 Å². The Bertz CT molecular complexity index is 136. The molecule has 0 spiro atoms. The van der Waals surface area contributed by atoms with Gasteiger partial charge in [-0.1, -0.05) is 24.3 Å². The van der Waals surface area contributed by atoms with Crippen molar-refractivity contribution in [2.45, 2.75) is 25.3 Å².